The Bertz CT molecular complexity index is 1600. The van der Waals surface area contributed by atoms with Gasteiger partial charge in [-0.25, -0.2) is 19.2 Å². The second-order valence-electron chi connectivity index (χ2n) is 9.12. The number of aromatic nitrogens is 5. The van der Waals surface area contributed by atoms with Gasteiger partial charge in [0.1, 0.15) is 12.1 Å². The van der Waals surface area contributed by atoms with Crippen molar-refractivity contribution in [1.82, 2.24) is 28.6 Å². The maximum absolute atomic E-state index is 13.2. The number of halogens is 1. The van der Waals surface area contributed by atoms with Crippen LogP contribution in [-0.4, -0.2) is 60.7 Å². The number of benzene rings is 1. The summed E-state index contributed by atoms with van der Waals surface area (Å²) in [6.07, 6.45) is 3.15. The topological polar surface area (TPSA) is 110 Å². The number of rotatable bonds is 5. The minimum absolute atomic E-state index is 0.208. The third-order valence-corrected chi connectivity index (χ3v) is 6.61. The van der Waals surface area contributed by atoms with E-state index in [1.165, 1.54) is 37.0 Å². The second kappa shape index (κ2) is 9.62. The molecule has 1 aliphatic rings. The predicted molar refractivity (Wildman–Crippen MR) is 138 cm³/mol. The van der Waals surface area contributed by atoms with E-state index in [1.54, 1.807) is 29.9 Å². The zero-order chi connectivity index (χ0) is 26.3. The molecule has 3 aromatic heterocycles. The van der Waals surface area contributed by atoms with Gasteiger partial charge in [0, 0.05) is 53.7 Å². The van der Waals surface area contributed by atoms with Gasteiger partial charge >= 0.3 is 5.69 Å². The van der Waals surface area contributed by atoms with Crippen LogP contribution in [0.2, 0.25) is 0 Å². The lowest BCUT2D eigenvalue weighted by Crippen LogP contribution is -2.46. The fourth-order valence-electron chi connectivity index (χ4n) is 4.60. The molecule has 0 radical (unpaired) electrons. The van der Waals surface area contributed by atoms with Crippen LogP contribution in [0.15, 0.2) is 52.4 Å². The van der Waals surface area contributed by atoms with Gasteiger partial charge in [0.15, 0.2) is 17.0 Å². The number of aryl methyl sites for hydroxylation is 1. The average molecular weight is 507 g/mol. The molecule has 0 saturated carbocycles. The van der Waals surface area contributed by atoms with Gasteiger partial charge in [0.2, 0.25) is 5.91 Å². The third-order valence-electron chi connectivity index (χ3n) is 6.61. The summed E-state index contributed by atoms with van der Waals surface area (Å²) in [6, 6.07) is 8.41. The number of hydrogen-bond donors (Lipinski definition) is 1. The van der Waals surface area contributed by atoms with Gasteiger partial charge in [-0.3, -0.25) is 28.2 Å². The lowest BCUT2D eigenvalue weighted by atomic mass is 10.2. The molecule has 12 heteroatoms. The lowest BCUT2D eigenvalue weighted by molar-refractivity contribution is -0.114. The van der Waals surface area contributed by atoms with E-state index in [2.05, 4.69) is 25.1 Å². The Morgan fingerprint density at radius 2 is 1.73 bits per heavy atom. The second-order valence-corrected chi connectivity index (χ2v) is 9.12. The highest BCUT2D eigenvalue weighted by atomic mass is 19.1. The monoisotopic (exact) mass is 506 g/mol. The Morgan fingerprint density at radius 1 is 1.03 bits per heavy atom. The first kappa shape index (κ1) is 24.4. The Kier molecular flexibility index (Phi) is 6.34. The number of amides is 1. The van der Waals surface area contributed by atoms with Gasteiger partial charge in [-0.2, -0.15) is 0 Å². The molecule has 1 aliphatic heterocycles. The molecule has 4 aromatic rings. The van der Waals surface area contributed by atoms with Crippen LogP contribution in [0.1, 0.15) is 12.5 Å². The van der Waals surface area contributed by atoms with Gasteiger partial charge in [-0.1, -0.05) is 12.1 Å². The highest BCUT2D eigenvalue weighted by molar-refractivity contribution is 5.90. The Hall–Kier alpha value is -4.32. The zero-order valence-corrected chi connectivity index (χ0v) is 20.8. The standard InChI is InChI=1S/C25H27FN8O3/c1-16(35)29-22-20(34-15-28-23-21(34)24(36)31(3)25(37)30(23)2)12-19(13-27-22)33-10-8-32(9-11-33)14-17-4-6-18(26)7-5-17/h4-7,12-13,15H,8-11,14H2,1-3H3,(H,27,29,35). The number of fused-ring (bicyclic) bond motifs is 1. The molecule has 0 spiro atoms. The van der Waals surface area contributed by atoms with Crippen LogP contribution < -0.4 is 21.5 Å². The van der Waals surface area contributed by atoms with E-state index in [0.717, 1.165) is 48.5 Å². The van der Waals surface area contributed by atoms with E-state index in [0.29, 0.717) is 5.69 Å². The number of piperazine rings is 1. The average Bonchev–Trinajstić information content (AvgIpc) is 3.33. The van der Waals surface area contributed by atoms with Crippen LogP contribution in [0.4, 0.5) is 15.9 Å². The van der Waals surface area contributed by atoms with Crippen molar-refractivity contribution in [2.24, 2.45) is 14.1 Å². The highest BCUT2D eigenvalue weighted by Crippen LogP contribution is 2.27. The molecule has 37 heavy (non-hydrogen) atoms. The normalized spacial score (nSPS) is 14.3. The Balaban J connectivity index is 1.47. The van der Waals surface area contributed by atoms with E-state index < -0.39 is 11.2 Å². The molecule has 1 N–H and O–H groups in total. The van der Waals surface area contributed by atoms with Crippen molar-refractivity contribution in [3.63, 3.8) is 0 Å². The van der Waals surface area contributed by atoms with Crippen molar-refractivity contribution < 1.29 is 9.18 Å². The summed E-state index contributed by atoms with van der Waals surface area (Å²) in [6.45, 7) is 5.20. The summed E-state index contributed by atoms with van der Waals surface area (Å²) < 4.78 is 17.1. The minimum Gasteiger partial charge on any atom is -0.368 e. The van der Waals surface area contributed by atoms with Gasteiger partial charge in [-0.15, -0.1) is 0 Å². The Labute approximate surface area is 211 Å². The number of carbonyl (C=O) groups is 1. The maximum Gasteiger partial charge on any atom is 0.332 e. The lowest BCUT2D eigenvalue weighted by Gasteiger charge is -2.36. The van der Waals surface area contributed by atoms with Crippen molar-refractivity contribution in [2.75, 3.05) is 36.4 Å². The first-order valence-electron chi connectivity index (χ1n) is 11.9. The molecule has 0 bridgehead atoms. The summed E-state index contributed by atoms with van der Waals surface area (Å²) in [5, 5.41) is 2.73. The largest absolute Gasteiger partial charge is 0.368 e. The molecule has 1 amide bonds. The number of nitrogens with zero attached hydrogens (tertiary/aromatic N) is 7. The molecule has 0 atom stereocenters. The molecule has 1 aromatic carbocycles. The highest BCUT2D eigenvalue weighted by Gasteiger charge is 2.22. The number of nitrogens with one attached hydrogen (secondary N) is 1. The van der Waals surface area contributed by atoms with E-state index in [1.807, 2.05) is 6.07 Å². The van der Waals surface area contributed by atoms with Crippen LogP contribution in [0.3, 0.4) is 0 Å². The summed E-state index contributed by atoms with van der Waals surface area (Å²) in [7, 11) is 2.96. The van der Waals surface area contributed by atoms with E-state index in [-0.39, 0.29) is 28.7 Å². The van der Waals surface area contributed by atoms with Crippen molar-refractivity contribution >= 4 is 28.6 Å². The fourth-order valence-corrected chi connectivity index (χ4v) is 4.60. The molecule has 0 unspecified atom stereocenters. The smallest absolute Gasteiger partial charge is 0.332 e. The van der Waals surface area contributed by atoms with Crippen LogP contribution in [-0.2, 0) is 25.4 Å². The quantitative estimate of drug-likeness (QED) is 0.434. The first-order valence-corrected chi connectivity index (χ1v) is 11.9. The van der Waals surface area contributed by atoms with Crippen molar-refractivity contribution in [3.8, 4) is 5.69 Å². The van der Waals surface area contributed by atoms with Crippen LogP contribution in [0.5, 0.6) is 0 Å². The number of imidazole rings is 1. The Morgan fingerprint density at radius 3 is 2.41 bits per heavy atom. The number of anilines is 2. The molecule has 1 saturated heterocycles. The van der Waals surface area contributed by atoms with E-state index in [4.69, 9.17) is 0 Å². The summed E-state index contributed by atoms with van der Waals surface area (Å²) in [4.78, 5) is 50.6. The molecule has 1 fully saturated rings. The molecule has 192 valence electrons. The van der Waals surface area contributed by atoms with Crippen LogP contribution >= 0.6 is 0 Å². The zero-order valence-electron chi connectivity index (χ0n) is 20.8. The van der Waals surface area contributed by atoms with Crippen molar-refractivity contribution in [1.29, 1.82) is 0 Å². The van der Waals surface area contributed by atoms with Crippen LogP contribution in [0, 0.1) is 5.82 Å². The molecular formula is C25H27FN8O3. The number of pyridine rings is 1. The third kappa shape index (κ3) is 4.62. The maximum atomic E-state index is 13.2. The number of hydrogen-bond acceptors (Lipinski definition) is 7. The van der Waals surface area contributed by atoms with Gasteiger partial charge < -0.3 is 10.2 Å². The number of carbonyl (C=O) groups excluding carboxylic acids is 1. The van der Waals surface area contributed by atoms with Crippen LogP contribution in [0.25, 0.3) is 16.9 Å². The van der Waals surface area contributed by atoms with Gasteiger partial charge in [0.25, 0.3) is 5.56 Å². The molecule has 5 rings (SSSR count). The van der Waals surface area contributed by atoms with Gasteiger partial charge in [-0.05, 0) is 23.8 Å². The summed E-state index contributed by atoms with van der Waals surface area (Å²) in [5.74, 6) is -0.271. The van der Waals surface area contributed by atoms with Crippen molar-refractivity contribution in [3.05, 3.63) is 75.1 Å². The molecule has 11 nitrogen and oxygen atoms in total. The molecule has 4 heterocycles. The first-order chi connectivity index (χ1) is 17.7. The van der Waals surface area contributed by atoms with E-state index >= 15 is 0 Å². The predicted octanol–water partition coefficient (Wildman–Crippen LogP) is 1.24. The van der Waals surface area contributed by atoms with Crippen molar-refractivity contribution in [2.45, 2.75) is 13.5 Å². The summed E-state index contributed by atoms with van der Waals surface area (Å²) in [5.41, 5.74) is 1.83. The van der Waals surface area contributed by atoms with Gasteiger partial charge in [0.05, 0.1) is 17.6 Å². The van der Waals surface area contributed by atoms with E-state index in [9.17, 15) is 18.8 Å². The fraction of sp³-hybridized carbons (Fsp3) is 0.320. The summed E-state index contributed by atoms with van der Waals surface area (Å²) >= 11 is 0. The minimum atomic E-state index is -0.496. The molecular weight excluding hydrogens is 479 g/mol. The molecule has 0 aliphatic carbocycles. The SMILES string of the molecule is CC(=O)Nc1ncc(N2CCN(Cc3ccc(F)cc3)CC2)cc1-n1cnc2c1c(=O)n(C)c(=O)n2C.